The van der Waals surface area contributed by atoms with E-state index in [1.165, 1.54) is 6.20 Å². The molecule has 1 heterocycles. The van der Waals surface area contributed by atoms with Crippen LogP contribution in [0.5, 0.6) is 0 Å². The number of halogens is 3. The number of nitrogens with zero attached hydrogens (tertiary/aromatic N) is 3. The summed E-state index contributed by atoms with van der Waals surface area (Å²) in [5.41, 5.74) is 0.526. The second-order valence-electron chi connectivity index (χ2n) is 4.66. The van der Waals surface area contributed by atoms with E-state index in [4.69, 9.17) is 0 Å². The van der Waals surface area contributed by atoms with Gasteiger partial charge in [-0.3, -0.25) is 0 Å². The number of hydrogen-bond donors (Lipinski definition) is 0. The molecule has 0 saturated carbocycles. The standard InChI is InChI=1S/C13H14F3N3/c1-18(2)9-6-17-13(19(3)4)10-7(9)5-8(14)11(15)12(10)16/h5-6H,1-4H3. The van der Waals surface area contributed by atoms with Gasteiger partial charge in [-0.15, -0.1) is 0 Å². The van der Waals surface area contributed by atoms with Crippen LogP contribution in [0.15, 0.2) is 12.3 Å². The van der Waals surface area contributed by atoms with E-state index in [9.17, 15) is 13.2 Å². The Morgan fingerprint density at radius 2 is 1.58 bits per heavy atom. The summed E-state index contributed by atoms with van der Waals surface area (Å²) in [6.45, 7) is 0. The second kappa shape index (κ2) is 4.60. The molecule has 0 aliphatic rings. The number of rotatable bonds is 2. The van der Waals surface area contributed by atoms with Gasteiger partial charge in [0.1, 0.15) is 5.82 Å². The van der Waals surface area contributed by atoms with Crippen LogP contribution in [0.2, 0.25) is 0 Å². The highest BCUT2D eigenvalue weighted by Crippen LogP contribution is 2.34. The third kappa shape index (κ3) is 2.07. The zero-order valence-corrected chi connectivity index (χ0v) is 11.1. The van der Waals surface area contributed by atoms with Gasteiger partial charge in [-0.1, -0.05) is 0 Å². The summed E-state index contributed by atoms with van der Waals surface area (Å²) < 4.78 is 40.9. The molecule has 0 spiro atoms. The summed E-state index contributed by atoms with van der Waals surface area (Å²) in [6.07, 6.45) is 1.51. The van der Waals surface area contributed by atoms with E-state index in [0.29, 0.717) is 11.1 Å². The van der Waals surface area contributed by atoms with Crippen LogP contribution in [0.1, 0.15) is 0 Å². The number of pyridine rings is 1. The molecule has 0 atom stereocenters. The monoisotopic (exact) mass is 269 g/mol. The van der Waals surface area contributed by atoms with Crippen molar-refractivity contribution in [3.05, 3.63) is 29.7 Å². The van der Waals surface area contributed by atoms with Crippen LogP contribution in [0.3, 0.4) is 0 Å². The summed E-state index contributed by atoms with van der Waals surface area (Å²) in [5, 5.41) is 0.273. The van der Waals surface area contributed by atoms with Crippen LogP contribution in [0, 0.1) is 17.5 Å². The summed E-state index contributed by atoms with van der Waals surface area (Å²) in [5.74, 6) is -3.63. The predicted octanol–water partition coefficient (Wildman–Crippen LogP) is 2.78. The maximum absolute atomic E-state index is 14.0. The fourth-order valence-electron chi connectivity index (χ4n) is 1.97. The Labute approximate surface area is 109 Å². The Morgan fingerprint density at radius 1 is 0.947 bits per heavy atom. The summed E-state index contributed by atoms with van der Waals surface area (Å²) in [4.78, 5) is 7.34. The van der Waals surface area contributed by atoms with Crippen LogP contribution in [0.25, 0.3) is 10.8 Å². The first-order valence-electron chi connectivity index (χ1n) is 5.65. The number of benzene rings is 1. The number of aromatic nitrogens is 1. The van der Waals surface area contributed by atoms with E-state index in [1.807, 2.05) is 0 Å². The van der Waals surface area contributed by atoms with Crippen LogP contribution >= 0.6 is 0 Å². The van der Waals surface area contributed by atoms with E-state index >= 15 is 0 Å². The van der Waals surface area contributed by atoms with Crippen molar-refractivity contribution in [1.29, 1.82) is 0 Å². The predicted molar refractivity (Wildman–Crippen MR) is 70.3 cm³/mol. The fourth-order valence-corrected chi connectivity index (χ4v) is 1.97. The van der Waals surface area contributed by atoms with Crippen molar-refractivity contribution in [2.24, 2.45) is 0 Å². The first-order chi connectivity index (χ1) is 8.84. The van der Waals surface area contributed by atoms with Crippen molar-refractivity contribution in [1.82, 2.24) is 4.98 Å². The smallest absolute Gasteiger partial charge is 0.195 e. The van der Waals surface area contributed by atoms with Gasteiger partial charge in [0.2, 0.25) is 0 Å². The van der Waals surface area contributed by atoms with Crippen molar-refractivity contribution in [3.8, 4) is 0 Å². The van der Waals surface area contributed by atoms with Gasteiger partial charge in [0.05, 0.1) is 17.3 Å². The molecule has 1 aromatic heterocycles. The third-order valence-corrected chi connectivity index (χ3v) is 2.88. The van der Waals surface area contributed by atoms with Gasteiger partial charge in [-0.05, 0) is 6.07 Å². The molecule has 0 unspecified atom stereocenters. The van der Waals surface area contributed by atoms with E-state index in [2.05, 4.69) is 4.98 Å². The van der Waals surface area contributed by atoms with Crippen molar-refractivity contribution < 1.29 is 13.2 Å². The minimum atomic E-state index is -1.48. The Bertz CT molecular complexity index is 639. The first kappa shape index (κ1) is 13.5. The van der Waals surface area contributed by atoms with Crippen molar-refractivity contribution in [2.45, 2.75) is 0 Å². The summed E-state index contributed by atoms with van der Waals surface area (Å²) in [7, 11) is 6.78. The number of hydrogen-bond acceptors (Lipinski definition) is 3. The lowest BCUT2D eigenvalue weighted by molar-refractivity contribution is 0.453. The lowest BCUT2D eigenvalue weighted by atomic mass is 10.1. The molecule has 0 radical (unpaired) electrons. The molecule has 2 aromatic rings. The van der Waals surface area contributed by atoms with Crippen LogP contribution in [-0.2, 0) is 0 Å². The highest BCUT2D eigenvalue weighted by atomic mass is 19.2. The molecule has 102 valence electrons. The largest absolute Gasteiger partial charge is 0.376 e. The molecule has 1 aromatic carbocycles. The molecular weight excluding hydrogens is 255 g/mol. The average Bonchev–Trinajstić information content (AvgIpc) is 2.34. The molecule has 6 heteroatoms. The van der Waals surface area contributed by atoms with E-state index < -0.39 is 17.5 Å². The van der Waals surface area contributed by atoms with Gasteiger partial charge in [0.25, 0.3) is 0 Å². The Hall–Kier alpha value is -1.98. The Balaban J connectivity index is 2.97. The quantitative estimate of drug-likeness (QED) is 0.781. The SMILES string of the molecule is CN(C)c1cnc(N(C)C)c2c(F)c(F)c(F)cc12. The van der Waals surface area contributed by atoms with Gasteiger partial charge < -0.3 is 9.80 Å². The second-order valence-corrected chi connectivity index (χ2v) is 4.66. The first-order valence-corrected chi connectivity index (χ1v) is 5.65. The maximum atomic E-state index is 14.0. The molecule has 2 rings (SSSR count). The summed E-state index contributed by atoms with van der Waals surface area (Å²) >= 11 is 0. The van der Waals surface area contributed by atoms with E-state index in [-0.39, 0.29) is 11.2 Å². The van der Waals surface area contributed by atoms with E-state index in [1.54, 1.807) is 38.0 Å². The van der Waals surface area contributed by atoms with Crippen molar-refractivity contribution in [3.63, 3.8) is 0 Å². The molecule has 0 saturated heterocycles. The zero-order chi connectivity index (χ0) is 14.3. The van der Waals surface area contributed by atoms with Gasteiger partial charge in [-0.2, -0.15) is 0 Å². The van der Waals surface area contributed by atoms with Crippen LogP contribution in [0.4, 0.5) is 24.7 Å². The number of fused-ring (bicyclic) bond motifs is 1. The molecule has 0 aliphatic heterocycles. The van der Waals surface area contributed by atoms with Crippen LogP contribution < -0.4 is 9.80 Å². The third-order valence-electron chi connectivity index (χ3n) is 2.88. The van der Waals surface area contributed by atoms with Crippen molar-refractivity contribution in [2.75, 3.05) is 38.0 Å². The van der Waals surface area contributed by atoms with Crippen LogP contribution in [-0.4, -0.2) is 33.2 Å². The molecule has 0 fully saturated rings. The van der Waals surface area contributed by atoms with Gasteiger partial charge in [0, 0.05) is 33.6 Å². The van der Waals surface area contributed by atoms with Gasteiger partial charge in [0.15, 0.2) is 17.5 Å². The van der Waals surface area contributed by atoms with Gasteiger partial charge >= 0.3 is 0 Å². The topological polar surface area (TPSA) is 19.4 Å². The highest BCUT2D eigenvalue weighted by molar-refractivity contribution is 6.00. The van der Waals surface area contributed by atoms with Crippen molar-refractivity contribution >= 4 is 22.3 Å². The Kier molecular flexibility index (Phi) is 3.26. The minimum absolute atomic E-state index is 0.0184. The van der Waals surface area contributed by atoms with Gasteiger partial charge in [-0.25, -0.2) is 18.2 Å². The lowest BCUT2D eigenvalue weighted by Crippen LogP contribution is -2.15. The maximum Gasteiger partial charge on any atom is 0.195 e. The Morgan fingerprint density at radius 3 is 2.11 bits per heavy atom. The normalized spacial score (nSPS) is 10.9. The molecule has 19 heavy (non-hydrogen) atoms. The zero-order valence-electron chi connectivity index (χ0n) is 11.1. The molecule has 0 N–H and O–H groups in total. The number of anilines is 2. The fraction of sp³-hybridized carbons (Fsp3) is 0.308. The molecule has 3 nitrogen and oxygen atoms in total. The highest BCUT2D eigenvalue weighted by Gasteiger charge is 2.20. The van der Waals surface area contributed by atoms with E-state index in [0.717, 1.165) is 6.07 Å². The molecular formula is C13H14F3N3. The lowest BCUT2D eigenvalue weighted by Gasteiger charge is -2.20. The molecule has 0 aliphatic carbocycles. The molecule has 0 amide bonds. The minimum Gasteiger partial charge on any atom is -0.376 e. The average molecular weight is 269 g/mol. The molecule has 0 bridgehead atoms. The summed E-state index contributed by atoms with van der Waals surface area (Å²) in [6, 6.07) is 0.998.